The largest absolute Gasteiger partial charge is 0.322 e. The van der Waals surface area contributed by atoms with Crippen LogP contribution in [0, 0.1) is 4.91 Å². The van der Waals surface area contributed by atoms with E-state index < -0.39 is 15.9 Å². The van der Waals surface area contributed by atoms with Crippen LogP contribution in [0.3, 0.4) is 0 Å². The molecule has 7 nitrogen and oxygen atoms in total. The molecular formula is C19H14ClN3O4S. The number of carbonyl (C=O) groups excluding carboxylic acids is 1. The second kappa shape index (κ2) is 8.20. The number of carbonyl (C=O) groups is 1. The van der Waals surface area contributed by atoms with E-state index in [1.54, 1.807) is 24.3 Å². The molecule has 0 atom stereocenters. The first-order chi connectivity index (χ1) is 13.4. The van der Waals surface area contributed by atoms with Gasteiger partial charge in [-0.3, -0.25) is 9.52 Å². The molecule has 0 aliphatic rings. The van der Waals surface area contributed by atoms with Gasteiger partial charge in [0.15, 0.2) is 0 Å². The van der Waals surface area contributed by atoms with E-state index >= 15 is 0 Å². The van der Waals surface area contributed by atoms with Gasteiger partial charge in [0.25, 0.3) is 15.9 Å². The van der Waals surface area contributed by atoms with E-state index in [4.69, 9.17) is 11.6 Å². The summed E-state index contributed by atoms with van der Waals surface area (Å²) in [7, 11) is -3.90. The lowest BCUT2D eigenvalue weighted by Crippen LogP contribution is -2.16. The molecule has 1 amide bonds. The number of amides is 1. The van der Waals surface area contributed by atoms with Crippen molar-refractivity contribution < 1.29 is 13.2 Å². The Bertz CT molecular complexity index is 1130. The first-order valence-electron chi connectivity index (χ1n) is 8.00. The molecule has 3 rings (SSSR count). The molecule has 142 valence electrons. The van der Waals surface area contributed by atoms with Gasteiger partial charge in [0.05, 0.1) is 4.90 Å². The molecule has 3 aromatic rings. The zero-order valence-electron chi connectivity index (χ0n) is 14.3. The fourth-order valence-corrected chi connectivity index (χ4v) is 3.61. The fraction of sp³-hybridized carbons (Fsp3) is 0. The van der Waals surface area contributed by atoms with Crippen molar-refractivity contribution in [1.29, 1.82) is 0 Å². The Morgan fingerprint density at radius 2 is 1.61 bits per heavy atom. The summed E-state index contributed by atoms with van der Waals surface area (Å²) in [5, 5.41) is 5.89. The molecule has 0 heterocycles. The Morgan fingerprint density at radius 1 is 0.893 bits per heavy atom. The molecule has 0 aliphatic carbocycles. The summed E-state index contributed by atoms with van der Waals surface area (Å²) < 4.78 is 27.6. The van der Waals surface area contributed by atoms with Crippen LogP contribution in [-0.2, 0) is 10.0 Å². The van der Waals surface area contributed by atoms with Gasteiger partial charge in [-0.1, -0.05) is 23.7 Å². The number of halogens is 1. The van der Waals surface area contributed by atoms with Crippen LogP contribution < -0.4 is 10.0 Å². The van der Waals surface area contributed by atoms with Crippen molar-refractivity contribution in [1.82, 2.24) is 0 Å². The standard InChI is InChI=1S/C19H14ClN3O4S/c20-14-7-9-15(10-8-14)23-28(26,27)18-6-1-3-13(11-18)19(24)21-16-4-2-5-17(12-16)22-25/h1-12,23H,(H,21,24). The monoisotopic (exact) mass is 415 g/mol. The highest BCUT2D eigenvalue weighted by atomic mass is 35.5. The second-order valence-corrected chi connectivity index (χ2v) is 7.85. The van der Waals surface area contributed by atoms with Crippen molar-refractivity contribution in [2.75, 3.05) is 10.0 Å². The summed E-state index contributed by atoms with van der Waals surface area (Å²) in [5.74, 6) is -0.522. The highest BCUT2D eigenvalue weighted by Gasteiger charge is 2.17. The number of hydrogen-bond acceptors (Lipinski definition) is 5. The van der Waals surface area contributed by atoms with E-state index in [1.165, 1.54) is 48.5 Å². The van der Waals surface area contributed by atoms with Crippen LogP contribution in [-0.4, -0.2) is 14.3 Å². The summed E-state index contributed by atoms with van der Waals surface area (Å²) in [6.07, 6.45) is 0. The van der Waals surface area contributed by atoms with Gasteiger partial charge in [-0.15, -0.1) is 4.91 Å². The Hall–Kier alpha value is -3.23. The maximum Gasteiger partial charge on any atom is 0.261 e. The van der Waals surface area contributed by atoms with Crippen molar-refractivity contribution in [3.8, 4) is 0 Å². The average molecular weight is 416 g/mol. The molecule has 0 radical (unpaired) electrons. The van der Waals surface area contributed by atoms with Gasteiger partial charge in [-0.25, -0.2) is 8.42 Å². The maximum atomic E-state index is 12.6. The topological polar surface area (TPSA) is 105 Å². The van der Waals surface area contributed by atoms with Gasteiger partial charge in [0.1, 0.15) is 5.69 Å². The van der Waals surface area contributed by atoms with Crippen LogP contribution in [0.5, 0.6) is 0 Å². The number of nitrogens with one attached hydrogen (secondary N) is 2. The second-order valence-electron chi connectivity index (χ2n) is 5.74. The Morgan fingerprint density at radius 3 is 2.32 bits per heavy atom. The zero-order valence-corrected chi connectivity index (χ0v) is 15.9. The quantitative estimate of drug-likeness (QED) is 0.564. The minimum absolute atomic E-state index is 0.0709. The number of anilines is 2. The van der Waals surface area contributed by atoms with E-state index in [9.17, 15) is 18.1 Å². The van der Waals surface area contributed by atoms with Gasteiger partial charge in [0, 0.05) is 22.0 Å². The summed E-state index contributed by atoms with van der Waals surface area (Å²) in [6.45, 7) is 0. The van der Waals surface area contributed by atoms with Crippen LogP contribution in [0.2, 0.25) is 5.02 Å². The predicted octanol–water partition coefficient (Wildman–Crippen LogP) is 4.79. The molecule has 0 unspecified atom stereocenters. The molecule has 0 spiro atoms. The van der Waals surface area contributed by atoms with Crippen LogP contribution in [0.25, 0.3) is 0 Å². The van der Waals surface area contributed by atoms with Crippen molar-refractivity contribution in [3.05, 3.63) is 88.3 Å². The third-order valence-electron chi connectivity index (χ3n) is 3.71. The molecule has 28 heavy (non-hydrogen) atoms. The fourth-order valence-electron chi connectivity index (χ4n) is 2.38. The number of nitroso groups, excluding NO2 is 1. The average Bonchev–Trinajstić information content (AvgIpc) is 2.70. The van der Waals surface area contributed by atoms with Gasteiger partial charge in [0.2, 0.25) is 0 Å². The molecule has 2 N–H and O–H groups in total. The Labute approximate surface area is 166 Å². The van der Waals surface area contributed by atoms with E-state index in [0.717, 1.165) is 0 Å². The van der Waals surface area contributed by atoms with E-state index in [1.807, 2.05) is 0 Å². The Balaban J connectivity index is 1.81. The van der Waals surface area contributed by atoms with Crippen molar-refractivity contribution in [2.45, 2.75) is 4.90 Å². The lowest BCUT2D eigenvalue weighted by atomic mass is 10.2. The molecule has 9 heteroatoms. The number of hydrogen-bond donors (Lipinski definition) is 2. The molecule has 0 saturated carbocycles. The van der Waals surface area contributed by atoms with E-state index in [2.05, 4.69) is 15.2 Å². The highest BCUT2D eigenvalue weighted by molar-refractivity contribution is 7.92. The normalized spacial score (nSPS) is 10.9. The van der Waals surface area contributed by atoms with Crippen LogP contribution in [0.1, 0.15) is 10.4 Å². The maximum absolute atomic E-state index is 12.6. The minimum Gasteiger partial charge on any atom is -0.322 e. The minimum atomic E-state index is -3.90. The predicted molar refractivity (Wildman–Crippen MR) is 109 cm³/mol. The summed E-state index contributed by atoms with van der Waals surface area (Å²) >= 11 is 5.80. The number of benzene rings is 3. The third kappa shape index (κ3) is 4.73. The SMILES string of the molecule is O=Nc1cccc(NC(=O)c2cccc(S(=O)(=O)Nc3ccc(Cl)cc3)c2)c1. The van der Waals surface area contributed by atoms with Gasteiger partial charge in [-0.2, -0.15) is 0 Å². The number of rotatable bonds is 6. The van der Waals surface area contributed by atoms with Gasteiger partial charge < -0.3 is 5.32 Å². The number of sulfonamides is 1. The van der Waals surface area contributed by atoms with Crippen molar-refractivity contribution >= 4 is 44.6 Å². The zero-order chi connectivity index (χ0) is 20.1. The lowest BCUT2D eigenvalue weighted by Gasteiger charge is -2.10. The van der Waals surface area contributed by atoms with E-state index in [0.29, 0.717) is 16.4 Å². The summed E-state index contributed by atoms with van der Waals surface area (Å²) in [4.78, 5) is 23.0. The molecule has 0 saturated heterocycles. The van der Waals surface area contributed by atoms with Crippen molar-refractivity contribution in [3.63, 3.8) is 0 Å². The van der Waals surface area contributed by atoms with Crippen molar-refractivity contribution in [2.24, 2.45) is 5.18 Å². The van der Waals surface area contributed by atoms with Crippen LogP contribution >= 0.6 is 11.6 Å². The van der Waals surface area contributed by atoms with E-state index in [-0.39, 0.29) is 16.1 Å². The Kier molecular flexibility index (Phi) is 5.72. The third-order valence-corrected chi connectivity index (χ3v) is 5.34. The molecule has 0 bridgehead atoms. The van der Waals surface area contributed by atoms with Gasteiger partial charge >= 0.3 is 0 Å². The number of nitrogens with zero attached hydrogens (tertiary/aromatic N) is 1. The molecular weight excluding hydrogens is 402 g/mol. The smallest absolute Gasteiger partial charge is 0.261 e. The molecule has 0 aliphatic heterocycles. The molecule has 3 aromatic carbocycles. The van der Waals surface area contributed by atoms with Gasteiger partial charge in [-0.05, 0) is 65.8 Å². The highest BCUT2D eigenvalue weighted by Crippen LogP contribution is 2.21. The first kappa shape index (κ1) is 19.5. The van der Waals surface area contributed by atoms with Crippen LogP contribution in [0.4, 0.5) is 17.1 Å². The molecule has 0 aromatic heterocycles. The lowest BCUT2D eigenvalue weighted by molar-refractivity contribution is 0.102. The summed E-state index contributed by atoms with van der Waals surface area (Å²) in [6, 6.07) is 17.9. The summed E-state index contributed by atoms with van der Waals surface area (Å²) in [5.41, 5.74) is 1.02. The molecule has 0 fully saturated rings. The first-order valence-corrected chi connectivity index (χ1v) is 9.87. The van der Waals surface area contributed by atoms with Crippen LogP contribution in [0.15, 0.2) is 82.9 Å².